The van der Waals surface area contributed by atoms with Crippen molar-refractivity contribution in [2.75, 3.05) is 0 Å². The first-order valence-corrected chi connectivity index (χ1v) is 7.34. The van der Waals surface area contributed by atoms with Crippen LogP contribution in [0.15, 0.2) is 53.5 Å². The molecule has 0 saturated carbocycles. The highest BCUT2D eigenvalue weighted by Crippen LogP contribution is 2.34. The molecule has 4 nitrogen and oxygen atoms in total. The van der Waals surface area contributed by atoms with Crippen molar-refractivity contribution < 1.29 is 4.42 Å². The molecule has 4 aromatic rings. The Morgan fingerprint density at radius 3 is 3.00 bits per heavy atom. The number of thiazole rings is 1. The molecule has 0 saturated heterocycles. The number of nitrogens with zero attached hydrogens (tertiary/aromatic N) is 3. The normalized spacial score (nSPS) is 11.1. The number of rotatable bonds is 2. The van der Waals surface area contributed by atoms with Crippen LogP contribution in [0.1, 0.15) is 5.69 Å². The molecule has 0 aliphatic heterocycles. The Morgan fingerprint density at radius 1 is 1.19 bits per heavy atom. The van der Waals surface area contributed by atoms with E-state index in [0.717, 1.165) is 37.8 Å². The Morgan fingerprint density at radius 2 is 2.14 bits per heavy atom. The molecule has 21 heavy (non-hydrogen) atoms. The highest BCUT2D eigenvalue weighted by atomic mass is 32.1. The molecule has 0 amide bonds. The van der Waals surface area contributed by atoms with E-state index in [2.05, 4.69) is 15.0 Å². The van der Waals surface area contributed by atoms with Crippen LogP contribution >= 0.6 is 11.3 Å². The summed E-state index contributed by atoms with van der Waals surface area (Å²) in [6.07, 6.45) is 7.03. The summed E-state index contributed by atoms with van der Waals surface area (Å²) < 4.78 is 5.33. The zero-order chi connectivity index (χ0) is 14.2. The lowest BCUT2D eigenvalue weighted by Crippen LogP contribution is -1.82. The number of aryl methyl sites for hydroxylation is 1. The highest BCUT2D eigenvalue weighted by molar-refractivity contribution is 7.18. The number of hydrogen-bond donors (Lipinski definition) is 0. The Kier molecular flexibility index (Phi) is 2.79. The monoisotopic (exact) mass is 293 g/mol. The van der Waals surface area contributed by atoms with Gasteiger partial charge in [0, 0.05) is 23.3 Å². The molecule has 5 heteroatoms. The van der Waals surface area contributed by atoms with Crippen molar-refractivity contribution in [2.24, 2.45) is 0 Å². The zero-order valence-corrected chi connectivity index (χ0v) is 12.1. The van der Waals surface area contributed by atoms with Gasteiger partial charge in [0.05, 0.1) is 28.7 Å². The smallest absolute Gasteiger partial charge is 0.152 e. The first kappa shape index (κ1) is 12.2. The third-order valence-corrected chi connectivity index (χ3v) is 4.51. The average molecular weight is 293 g/mol. The maximum absolute atomic E-state index is 5.33. The largest absolute Gasteiger partial charge is 0.463 e. The number of furan rings is 1. The van der Waals surface area contributed by atoms with Gasteiger partial charge >= 0.3 is 0 Å². The van der Waals surface area contributed by atoms with Gasteiger partial charge in [-0.1, -0.05) is 0 Å². The van der Waals surface area contributed by atoms with E-state index < -0.39 is 0 Å². The lowest BCUT2D eigenvalue weighted by Gasteiger charge is -1.97. The van der Waals surface area contributed by atoms with Gasteiger partial charge < -0.3 is 4.42 Å². The topological polar surface area (TPSA) is 51.8 Å². The van der Waals surface area contributed by atoms with E-state index in [1.165, 1.54) is 0 Å². The molecular weight excluding hydrogens is 282 g/mol. The van der Waals surface area contributed by atoms with Crippen LogP contribution in [0.5, 0.6) is 0 Å². The number of aromatic nitrogens is 3. The van der Waals surface area contributed by atoms with Crippen molar-refractivity contribution in [1.82, 2.24) is 15.0 Å². The van der Waals surface area contributed by atoms with Gasteiger partial charge in [0.15, 0.2) is 5.58 Å². The summed E-state index contributed by atoms with van der Waals surface area (Å²) in [7, 11) is 0. The van der Waals surface area contributed by atoms with E-state index in [0.29, 0.717) is 0 Å². The van der Waals surface area contributed by atoms with E-state index in [9.17, 15) is 0 Å². The SMILES string of the molecule is Cc1nc(-c2cccnc2)sc1-c1cc2ccoc2cn1. The second-order valence-corrected chi connectivity index (χ2v) is 5.70. The van der Waals surface area contributed by atoms with Gasteiger partial charge in [-0.3, -0.25) is 9.97 Å². The average Bonchev–Trinajstić information content (AvgIpc) is 3.13. The fourth-order valence-electron chi connectivity index (χ4n) is 2.24. The summed E-state index contributed by atoms with van der Waals surface area (Å²) in [5.74, 6) is 0. The van der Waals surface area contributed by atoms with Gasteiger partial charge in [0.1, 0.15) is 5.01 Å². The molecule has 4 rings (SSSR count). The summed E-state index contributed by atoms with van der Waals surface area (Å²) in [5.41, 5.74) is 3.73. The second kappa shape index (κ2) is 4.79. The van der Waals surface area contributed by atoms with Crippen molar-refractivity contribution in [3.05, 3.63) is 54.8 Å². The van der Waals surface area contributed by atoms with E-state index >= 15 is 0 Å². The van der Waals surface area contributed by atoms with Crippen molar-refractivity contribution in [3.63, 3.8) is 0 Å². The summed E-state index contributed by atoms with van der Waals surface area (Å²) in [5, 5.41) is 2.01. The molecule has 0 radical (unpaired) electrons. The maximum Gasteiger partial charge on any atom is 0.152 e. The first-order chi connectivity index (χ1) is 10.3. The molecule has 4 aromatic heterocycles. The number of hydrogen-bond acceptors (Lipinski definition) is 5. The third-order valence-electron chi connectivity index (χ3n) is 3.28. The van der Waals surface area contributed by atoms with Crippen molar-refractivity contribution in [2.45, 2.75) is 6.92 Å². The highest BCUT2D eigenvalue weighted by Gasteiger charge is 2.13. The van der Waals surface area contributed by atoms with E-state index in [1.807, 2.05) is 37.4 Å². The molecule has 0 spiro atoms. The van der Waals surface area contributed by atoms with E-state index in [-0.39, 0.29) is 0 Å². The molecule has 4 heterocycles. The van der Waals surface area contributed by atoms with Crippen LogP contribution in [0.25, 0.3) is 32.1 Å². The predicted octanol–water partition coefficient (Wildman–Crippen LogP) is 4.32. The van der Waals surface area contributed by atoms with Crippen LogP contribution in [-0.4, -0.2) is 15.0 Å². The molecule has 102 valence electrons. The first-order valence-electron chi connectivity index (χ1n) is 6.53. The third kappa shape index (κ3) is 2.11. The van der Waals surface area contributed by atoms with Gasteiger partial charge in [0.25, 0.3) is 0 Å². The maximum atomic E-state index is 5.33. The molecule has 0 unspecified atom stereocenters. The molecule has 0 aromatic carbocycles. The van der Waals surface area contributed by atoms with Gasteiger partial charge in [-0.2, -0.15) is 0 Å². The van der Waals surface area contributed by atoms with Crippen LogP contribution in [0.2, 0.25) is 0 Å². The van der Waals surface area contributed by atoms with Crippen molar-refractivity contribution >= 4 is 22.3 Å². The Labute approximate surface area is 125 Å². The quantitative estimate of drug-likeness (QED) is 0.552. The standard InChI is InChI=1S/C16H11N3OS/c1-10-15(13-7-11-4-6-20-14(11)9-18-13)21-16(19-10)12-3-2-5-17-8-12/h2-9H,1H3. The van der Waals surface area contributed by atoms with Gasteiger partial charge in [-0.25, -0.2) is 4.98 Å². The van der Waals surface area contributed by atoms with E-state index in [4.69, 9.17) is 4.42 Å². The summed E-state index contributed by atoms with van der Waals surface area (Å²) in [4.78, 5) is 14.3. The molecule has 0 aliphatic rings. The lowest BCUT2D eigenvalue weighted by molar-refractivity contribution is 0.614. The molecule has 0 aliphatic carbocycles. The second-order valence-electron chi connectivity index (χ2n) is 4.70. The fourth-order valence-corrected chi connectivity index (χ4v) is 3.26. The van der Waals surface area contributed by atoms with Crippen LogP contribution < -0.4 is 0 Å². The zero-order valence-electron chi connectivity index (χ0n) is 11.3. The van der Waals surface area contributed by atoms with Gasteiger partial charge in [-0.05, 0) is 31.2 Å². The summed E-state index contributed by atoms with van der Waals surface area (Å²) >= 11 is 1.63. The number of fused-ring (bicyclic) bond motifs is 1. The minimum absolute atomic E-state index is 0.799. The fraction of sp³-hybridized carbons (Fsp3) is 0.0625. The minimum Gasteiger partial charge on any atom is -0.463 e. The van der Waals surface area contributed by atoms with Crippen LogP contribution in [0, 0.1) is 6.92 Å². The summed E-state index contributed by atoms with van der Waals surface area (Å²) in [6, 6.07) is 7.91. The van der Waals surface area contributed by atoms with E-state index in [1.54, 1.807) is 30.0 Å². The molecule has 0 atom stereocenters. The Balaban J connectivity index is 1.83. The van der Waals surface area contributed by atoms with Gasteiger partial charge in [-0.15, -0.1) is 11.3 Å². The molecular formula is C16H11N3OS. The van der Waals surface area contributed by atoms with Gasteiger partial charge in [0.2, 0.25) is 0 Å². The number of pyridine rings is 2. The van der Waals surface area contributed by atoms with Crippen LogP contribution in [0.4, 0.5) is 0 Å². The summed E-state index contributed by atoms with van der Waals surface area (Å²) in [6.45, 7) is 2.01. The molecule has 0 bridgehead atoms. The van der Waals surface area contributed by atoms with Crippen molar-refractivity contribution in [3.8, 4) is 21.1 Å². The Hall–Kier alpha value is -2.53. The van der Waals surface area contributed by atoms with Crippen molar-refractivity contribution in [1.29, 1.82) is 0 Å². The minimum atomic E-state index is 0.799. The molecule has 0 N–H and O–H groups in total. The molecule has 0 fully saturated rings. The lowest BCUT2D eigenvalue weighted by atomic mass is 10.2. The predicted molar refractivity (Wildman–Crippen MR) is 83.1 cm³/mol. The Bertz CT molecular complexity index is 912. The van der Waals surface area contributed by atoms with Crippen LogP contribution in [0.3, 0.4) is 0 Å². The van der Waals surface area contributed by atoms with Crippen LogP contribution in [-0.2, 0) is 0 Å².